The second-order valence-corrected chi connectivity index (χ2v) is 10.2. The standard InChI is InChI=1S/C27H28F7N3O5/c1-36-11-10-25(15-4-7-20(40-2)21(12-15)41-3)9-8-17(14-22(25)36)37(42-23(38)27(32,33)34)24(39)35-19-6-5-16(28)13-18(19)26(29,30)31/h4-7,12-13,17,22H,8-11,14H2,1-3H3,(H,35,39)/t17-,22+,25+/m1/s1. The summed E-state index contributed by atoms with van der Waals surface area (Å²) in [6.45, 7) is 0.602. The van der Waals surface area contributed by atoms with E-state index in [0.717, 1.165) is 5.56 Å². The highest BCUT2D eigenvalue weighted by atomic mass is 19.4. The summed E-state index contributed by atoms with van der Waals surface area (Å²) >= 11 is 0. The molecule has 1 saturated heterocycles. The molecule has 1 aliphatic carbocycles. The molecule has 1 N–H and O–H groups in total. The highest BCUT2D eigenvalue weighted by Gasteiger charge is 2.53. The monoisotopic (exact) mass is 607 g/mol. The van der Waals surface area contributed by atoms with Crippen LogP contribution in [-0.4, -0.2) is 68.0 Å². The van der Waals surface area contributed by atoms with Crippen LogP contribution < -0.4 is 14.8 Å². The van der Waals surface area contributed by atoms with Crippen molar-refractivity contribution in [1.29, 1.82) is 0 Å². The van der Waals surface area contributed by atoms with Gasteiger partial charge in [-0.25, -0.2) is 14.0 Å². The van der Waals surface area contributed by atoms with Gasteiger partial charge in [-0.3, -0.25) is 0 Å². The Morgan fingerprint density at radius 1 is 1.00 bits per heavy atom. The molecule has 2 fully saturated rings. The number of rotatable bonds is 5. The highest BCUT2D eigenvalue weighted by molar-refractivity contribution is 5.91. The first-order valence-corrected chi connectivity index (χ1v) is 12.8. The third kappa shape index (κ3) is 6.05. The van der Waals surface area contributed by atoms with Crippen LogP contribution in [0.25, 0.3) is 0 Å². The van der Waals surface area contributed by atoms with Gasteiger partial charge in [-0.2, -0.15) is 26.3 Å². The molecule has 1 saturated carbocycles. The largest absolute Gasteiger partial charge is 0.493 e. The minimum Gasteiger partial charge on any atom is -0.493 e. The predicted octanol–water partition coefficient (Wildman–Crippen LogP) is 5.91. The molecule has 4 rings (SSSR count). The first-order chi connectivity index (χ1) is 19.6. The van der Waals surface area contributed by atoms with E-state index in [9.17, 15) is 40.3 Å². The zero-order valence-electron chi connectivity index (χ0n) is 22.7. The van der Waals surface area contributed by atoms with Crippen molar-refractivity contribution >= 4 is 17.7 Å². The predicted molar refractivity (Wildman–Crippen MR) is 134 cm³/mol. The quantitative estimate of drug-likeness (QED) is 0.337. The molecule has 2 aromatic rings. The van der Waals surface area contributed by atoms with Crippen LogP contribution >= 0.6 is 0 Å². The first kappa shape index (κ1) is 31.2. The Hall–Kier alpha value is -3.75. The topological polar surface area (TPSA) is 80.3 Å². The van der Waals surface area contributed by atoms with Crippen molar-refractivity contribution in [3.8, 4) is 11.5 Å². The maximum absolute atomic E-state index is 13.6. The van der Waals surface area contributed by atoms with Gasteiger partial charge in [-0.1, -0.05) is 6.07 Å². The molecule has 0 unspecified atom stereocenters. The van der Waals surface area contributed by atoms with Gasteiger partial charge in [0.25, 0.3) is 0 Å². The van der Waals surface area contributed by atoms with Crippen LogP contribution in [0.4, 0.5) is 41.2 Å². The smallest absolute Gasteiger partial charge is 0.493 e. The van der Waals surface area contributed by atoms with Gasteiger partial charge in [0.05, 0.1) is 31.5 Å². The minimum atomic E-state index is -5.49. The summed E-state index contributed by atoms with van der Waals surface area (Å²) in [5.74, 6) is -3.00. The van der Waals surface area contributed by atoms with Gasteiger partial charge in [-0.15, -0.1) is 5.06 Å². The van der Waals surface area contributed by atoms with Gasteiger partial charge in [0, 0.05) is 11.5 Å². The summed E-state index contributed by atoms with van der Waals surface area (Å²) in [6.07, 6.45) is -9.52. The zero-order valence-corrected chi connectivity index (χ0v) is 22.7. The average Bonchev–Trinajstić information content (AvgIpc) is 3.27. The number of benzene rings is 2. The van der Waals surface area contributed by atoms with E-state index in [-0.39, 0.29) is 30.0 Å². The summed E-state index contributed by atoms with van der Waals surface area (Å²) in [5, 5.41) is 1.99. The maximum atomic E-state index is 13.6. The lowest BCUT2D eigenvalue weighted by Gasteiger charge is -2.46. The number of halogens is 7. The molecule has 2 aliphatic rings. The Labute approximate surface area is 236 Å². The number of carbonyl (C=O) groups is 2. The summed E-state index contributed by atoms with van der Waals surface area (Å²) in [4.78, 5) is 31.4. The number of likely N-dealkylation sites (tertiary alicyclic amines) is 1. The molecule has 1 aliphatic heterocycles. The molecule has 2 amide bonds. The van der Waals surface area contributed by atoms with Crippen LogP contribution in [0, 0.1) is 5.82 Å². The van der Waals surface area contributed by atoms with Crippen LogP contribution in [-0.2, 0) is 21.2 Å². The molecule has 42 heavy (non-hydrogen) atoms. The van der Waals surface area contributed by atoms with Gasteiger partial charge in [0.1, 0.15) is 5.82 Å². The lowest BCUT2D eigenvalue weighted by molar-refractivity contribution is -0.235. The van der Waals surface area contributed by atoms with Gasteiger partial charge in [0.15, 0.2) is 11.5 Å². The van der Waals surface area contributed by atoms with E-state index < -0.39 is 52.9 Å². The van der Waals surface area contributed by atoms with Crippen LogP contribution in [0.2, 0.25) is 0 Å². The molecule has 0 aromatic heterocycles. The molecule has 2 aromatic carbocycles. The maximum Gasteiger partial charge on any atom is 0.493 e. The number of likely N-dealkylation sites (N-methyl/N-ethyl adjacent to an activating group) is 1. The Kier molecular flexibility index (Phi) is 8.54. The Balaban J connectivity index is 1.67. The molecule has 0 radical (unpaired) electrons. The summed E-state index contributed by atoms with van der Waals surface area (Å²) in [5.41, 5.74) is -2.13. The molecule has 230 valence electrons. The van der Waals surface area contributed by atoms with Gasteiger partial charge >= 0.3 is 24.4 Å². The van der Waals surface area contributed by atoms with Crippen molar-refractivity contribution in [3.05, 3.63) is 53.3 Å². The Bertz CT molecular complexity index is 1340. The van der Waals surface area contributed by atoms with E-state index in [4.69, 9.17) is 9.47 Å². The fourth-order valence-electron chi connectivity index (χ4n) is 5.91. The van der Waals surface area contributed by atoms with Crippen molar-refractivity contribution in [2.75, 3.05) is 33.1 Å². The second kappa shape index (κ2) is 11.5. The van der Waals surface area contributed by atoms with Gasteiger partial charge < -0.3 is 24.5 Å². The van der Waals surface area contributed by atoms with Crippen LogP contribution in [0.1, 0.15) is 36.8 Å². The fraction of sp³-hybridized carbons (Fsp3) is 0.481. The van der Waals surface area contributed by atoms with Crippen molar-refractivity contribution < 1.29 is 54.6 Å². The number of hydrogen-bond donors (Lipinski definition) is 1. The number of methoxy groups -OCH3 is 2. The molecule has 3 atom stereocenters. The van der Waals surface area contributed by atoms with Crippen molar-refractivity contribution in [2.45, 2.75) is 55.5 Å². The number of nitrogens with one attached hydrogen (secondary N) is 1. The third-order valence-electron chi connectivity index (χ3n) is 7.93. The summed E-state index contributed by atoms with van der Waals surface area (Å²) in [6, 6.07) is 3.76. The summed E-state index contributed by atoms with van der Waals surface area (Å²) < 4.78 is 104. The van der Waals surface area contributed by atoms with Crippen LogP contribution in [0.15, 0.2) is 36.4 Å². The van der Waals surface area contributed by atoms with Crippen LogP contribution in [0.5, 0.6) is 11.5 Å². The molecule has 8 nitrogen and oxygen atoms in total. The van der Waals surface area contributed by atoms with Crippen molar-refractivity contribution in [3.63, 3.8) is 0 Å². The van der Waals surface area contributed by atoms with E-state index in [1.54, 1.807) is 13.1 Å². The van der Waals surface area contributed by atoms with Gasteiger partial charge in [-0.05, 0) is 75.2 Å². The zero-order chi connectivity index (χ0) is 31.0. The Morgan fingerprint density at radius 2 is 1.69 bits per heavy atom. The van der Waals surface area contributed by atoms with E-state index in [0.29, 0.717) is 43.0 Å². The third-order valence-corrected chi connectivity index (χ3v) is 7.93. The lowest BCUT2D eigenvalue weighted by atomic mass is 9.65. The average molecular weight is 608 g/mol. The number of fused-ring (bicyclic) bond motifs is 1. The first-order valence-electron chi connectivity index (χ1n) is 12.8. The van der Waals surface area contributed by atoms with Crippen LogP contribution in [0.3, 0.4) is 0 Å². The highest BCUT2D eigenvalue weighted by Crippen LogP contribution is 2.51. The molecule has 15 heteroatoms. The molecule has 1 heterocycles. The Morgan fingerprint density at radius 3 is 2.31 bits per heavy atom. The SMILES string of the molecule is COc1ccc([C@@]23CC[C@@H](N(OC(=O)C(F)(F)F)C(=O)Nc4ccc(F)cc4C(F)(F)F)C[C@@H]2N(C)CC3)cc1OC. The molecule has 0 bridgehead atoms. The minimum absolute atomic E-state index is 0.0267. The normalized spacial score (nSPS) is 22.7. The van der Waals surface area contributed by atoms with E-state index in [2.05, 4.69) is 4.84 Å². The number of carbonyl (C=O) groups excluding carboxylic acids is 2. The molecule has 0 spiro atoms. The van der Waals surface area contributed by atoms with Crippen molar-refractivity contribution in [1.82, 2.24) is 9.96 Å². The second-order valence-electron chi connectivity index (χ2n) is 10.2. The molecular formula is C27H28F7N3O5. The number of hydrogen-bond acceptors (Lipinski definition) is 6. The lowest BCUT2D eigenvalue weighted by Crippen LogP contribution is -2.54. The van der Waals surface area contributed by atoms with Crippen molar-refractivity contribution in [2.24, 2.45) is 0 Å². The summed E-state index contributed by atoms with van der Waals surface area (Å²) in [7, 11) is 4.76. The number of urea groups is 1. The fourth-order valence-corrected chi connectivity index (χ4v) is 5.91. The molecular weight excluding hydrogens is 579 g/mol. The van der Waals surface area contributed by atoms with Gasteiger partial charge in [0.2, 0.25) is 0 Å². The van der Waals surface area contributed by atoms with E-state index >= 15 is 0 Å². The number of hydroxylamine groups is 2. The number of amides is 2. The number of ether oxygens (including phenoxy) is 2. The number of alkyl halides is 6. The van der Waals surface area contributed by atoms with E-state index in [1.165, 1.54) is 14.2 Å². The number of nitrogens with zero attached hydrogens (tertiary/aromatic N) is 2. The van der Waals surface area contributed by atoms with E-state index in [1.807, 2.05) is 22.3 Å². The number of anilines is 1.